The predicted octanol–water partition coefficient (Wildman–Crippen LogP) is 0.456. The number of rotatable bonds is 3. The van der Waals surface area contributed by atoms with E-state index in [1.807, 2.05) is 30.3 Å². The lowest BCUT2D eigenvalue weighted by atomic mass is 9.50. The number of hydrogen-bond donors (Lipinski definition) is 3. The van der Waals surface area contributed by atoms with Gasteiger partial charge in [0.2, 0.25) is 5.91 Å². The van der Waals surface area contributed by atoms with Crippen LogP contribution in [0.3, 0.4) is 0 Å². The van der Waals surface area contributed by atoms with Gasteiger partial charge in [0.25, 0.3) is 0 Å². The Hall–Kier alpha value is -3.69. The molecule has 0 bridgehead atoms. The zero-order valence-corrected chi connectivity index (χ0v) is 19.8. The normalized spacial score (nSPS) is 33.7. The lowest BCUT2D eigenvalue weighted by Gasteiger charge is -2.54. The standard InChI is InChI=1S/C27H26N2O7/c1-29(2)21-15-11-14-17(12-7-4-3-5-8-12)13-9-6-10-16(30)18(13)22(31)19(14)24(33)27(15,36)25(34)20(23(21)32)26(28)35/h3-10,14-15,17,19-21,30,36H,11H2,1-2H3,(H2,28,35)/t14-,15+,17+,19?,20?,21+,27+/m1/s1. The number of benzene rings is 2. The summed E-state index contributed by atoms with van der Waals surface area (Å²) >= 11 is 0. The maximum atomic E-state index is 14.0. The summed E-state index contributed by atoms with van der Waals surface area (Å²) < 4.78 is 0. The molecule has 2 aromatic rings. The highest BCUT2D eigenvalue weighted by atomic mass is 16.3. The molecule has 0 saturated heterocycles. The minimum Gasteiger partial charge on any atom is -0.507 e. The van der Waals surface area contributed by atoms with E-state index in [1.54, 1.807) is 26.2 Å². The number of aromatic hydroxyl groups is 1. The van der Waals surface area contributed by atoms with Gasteiger partial charge in [-0.05, 0) is 43.6 Å². The number of carbonyl (C=O) groups is 5. The topological polar surface area (TPSA) is 155 Å². The van der Waals surface area contributed by atoms with Crippen molar-refractivity contribution in [2.45, 2.75) is 24.0 Å². The summed E-state index contributed by atoms with van der Waals surface area (Å²) in [6.07, 6.45) is -0.0148. The fraction of sp³-hybridized carbons (Fsp3) is 0.370. The number of hydrogen-bond acceptors (Lipinski definition) is 8. The number of Topliss-reactive ketones (excluding diaryl/α,β-unsaturated/α-hetero) is 4. The summed E-state index contributed by atoms with van der Waals surface area (Å²) in [6, 6.07) is 12.7. The Bertz CT molecular complexity index is 1320. The Morgan fingerprint density at radius 3 is 2.25 bits per heavy atom. The highest BCUT2D eigenvalue weighted by molar-refractivity contribution is 6.32. The molecule has 5 rings (SSSR count). The van der Waals surface area contributed by atoms with Gasteiger partial charge in [0, 0.05) is 11.8 Å². The van der Waals surface area contributed by atoms with Crippen LogP contribution in [0.25, 0.3) is 0 Å². The molecule has 36 heavy (non-hydrogen) atoms. The molecule has 186 valence electrons. The van der Waals surface area contributed by atoms with Crippen LogP contribution in [0.2, 0.25) is 0 Å². The third-order valence-corrected chi connectivity index (χ3v) is 8.11. The number of phenolic OH excluding ortho intramolecular Hbond substituents is 1. The number of nitrogens with two attached hydrogens (primary N) is 1. The number of primary amides is 1. The maximum Gasteiger partial charge on any atom is 0.235 e. The van der Waals surface area contributed by atoms with Crippen molar-refractivity contribution in [3.8, 4) is 5.75 Å². The van der Waals surface area contributed by atoms with Crippen LogP contribution in [0, 0.1) is 23.7 Å². The average molecular weight is 491 g/mol. The zero-order chi connectivity index (χ0) is 26.1. The molecule has 0 aliphatic heterocycles. The van der Waals surface area contributed by atoms with Crippen molar-refractivity contribution < 1.29 is 34.2 Å². The summed E-state index contributed by atoms with van der Waals surface area (Å²) in [5, 5.41) is 22.3. The van der Waals surface area contributed by atoms with E-state index in [9.17, 15) is 34.2 Å². The molecule has 7 atom stereocenters. The van der Waals surface area contributed by atoms with E-state index in [0.29, 0.717) is 5.56 Å². The van der Waals surface area contributed by atoms with E-state index in [4.69, 9.17) is 5.73 Å². The smallest absolute Gasteiger partial charge is 0.235 e. The number of nitrogens with zero attached hydrogens (tertiary/aromatic N) is 1. The van der Waals surface area contributed by atoms with E-state index < -0.39 is 70.3 Å². The van der Waals surface area contributed by atoms with Gasteiger partial charge < -0.3 is 15.9 Å². The highest BCUT2D eigenvalue weighted by Gasteiger charge is 2.70. The Kier molecular flexibility index (Phi) is 5.46. The van der Waals surface area contributed by atoms with Gasteiger partial charge in [-0.3, -0.25) is 28.9 Å². The first-order valence-corrected chi connectivity index (χ1v) is 11.7. The zero-order valence-electron chi connectivity index (χ0n) is 19.8. The molecule has 9 heteroatoms. The molecule has 4 N–H and O–H groups in total. The molecule has 0 heterocycles. The number of aliphatic hydroxyl groups is 1. The molecule has 3 aliphatic rings. The first kappa shape index (κ1) is 24.0. The fourth-order valence-electron chi connectivity index (χ4n) is 6.68. The van der Waals surface area contributed by atoms with Gasteiger partial charge in [-0.1, -0.05) is 42.5 Å². The number of amides is 1. The molecule has 0 spiro atoms. The van der Waals surface area contributed by atoms with Crippen LogP contribution in [0.5, 0.6) is 5.75 Å². The van der Waals surface area contributed by atoms with Crippen LogP contribution < -0.4 is 5.73 Å². The van der Waals surface area contributed by atoms with Crippen LogP contribution in [0.1, 0.15) is 33.8 Å². The molecule has 2 aromatic carbocycles. The Balaban J connectivity index is 1.75. The first-order valence-electron chi connectivity index (χ1n) is 11.7. The molecule has 3 aliphatic carbocycles. The molecule has 2 fully saturated rings. The van der Waals surface area contributed by atoms with Crippen molar-refractivity contribution in [2.75, 3.05) is 14.1 Å². The Labute approximate surface area is 206 Å². The van der Waals surface area contributed by atoms with Crippen molar-refractivity contribution in [2.24, 2.45) is 29.4 Å². The van der Waals surface area contributed by atoms with Crippen molar-refractivity contribution in [1.29, 1.82) is 0 Å². The summed E-state index contributed by atoms with van der Waals surface area (Å²) in [5.74, 6) is -11.2. The second-order valence-corrected chi connectivity index (χ2v) is 10.1. The summed E-state index contributed by atoms with van der Waals surface area (Å²) in [4.78, 5) is 67.9. The van der Waals surface area contributed by atoms with Gasteiger partial charge >= 0.3 is 0 Å². The van der Waals surface area contributed by atoms with Crippen molar-refractivity contribution in [3.05, 3.63) is 65.2 Å². The maximum absolute atomic E-state index is 14.0. The van der Waals surface area contributed by atoms with Crippen molar-refractivity contribution >= 4 is 29.0 Å². The molecule has 2 unspecified atom stereocenters. The molecular formula is C27H26N2O7. The van der Waals surface area contributed by atoms with Gasteiger partial charge in [-0.15, -0.1) is 0 Å². The summed E-state index contributed by atoms with van der Waals surface area (Å²) in [7, 11) is 3.11. The molecule has 1 amide bonds. The SMILES string of the molecule is CN(C)[C@@H]1C(=O)C(C(N)=O)C(=O)[C@@]2(O)C(=O)C3C(=O)c4c(O)cccc4[C@H](c4ccccc4)[C@H]3C[C@@H]12. The van der Waals surface area contributed by atoms with E-state index in [0.717, 1.165) is 5.56 Å². The second kappa shape index (κ2) is 8.18. The molecule has 2 saturated carbocycles. The number of likely N-dealkylation sites (N-methyl/N-ethyl adjacent to an activating group) is 1. The van der Waals surface area contributed by atoms with Crippen LogP contribution in [-0.2, 0) is 19.2 Å². The number of carbonyl (C=O) groups excluding carboxylic acids is 5. The van der Waals surface area contributed by atoms with Crippen molar-refractivity contribution in [3.63, 3.8) is 0 Å². The molecular weight excluding hydrogens is 464 g/mol. The van der Waals surface area contributed by atoms with Crippen LogP contribution in [0.15, 0.2) is 48.5 Å². The number of fused-ring (bicyclic) bond motifs is 3. The third-order valence-electron chi connectivity index (χ3n) is 8.11. The molecule has 0 radical (unpaired) electrons. The largest absolute Gasteiger partial charge is 0.507 e. The van der Waals surface area contributed by atoms with E-state index >= 15 is 0 Å². The van der Waals surface area contributed by atoms with Gasteiger partial charge in [0.15, 0.2) is 34.7 Å². The van der Waals surface area contributed by atoms with Crippen LogP contribution in [-0.4, -0.2) is 69.9 Å². The summed E-state index contributed by atoms with van der Waals surface area (Å²) in [5.41, 5.74) is 3.90. The van der Waals surface area contributed by atoms with Crippen LogP contribution in [0.4, 0.5) is 0 Å². The Morgan fingerprint density at radius 1 is 0.972 bits per heavy atom. The predicted molar refractivity (Wildman–Crippen MR) is 126 cm³/mol. The van der Waals surface area contributed by atoms with E-state index in [1.165, 1.54) is 11.0 Å². The van der Waals surface area contributed by atoms with Gasteiger partial charge in [-0.25, -0.2) is 0 Å². The minimum atomic E-state index is -2.75. The second-order valence-electron chi connectivity index (χ2n) is 10.1. The fourth-order valence-corrected chi connectivity index (χ4v) is 6.68. The monoisotopic (exact) mass is 490 g/mol. The lowest BCUT2D eigenvalue weighted by molar-refractivity contribution is -0.181. The van der Waals surface area contributed by atoms with Gasteiger partial charge in [0.05, 0.1) is 17.5 Å². The quantitative estimate of drug-likeness (QED) is 0.524. The minimum absolute atomic E-state index is 0.0148. The van der Waals surface area contributed by atoms with Gasteiger partial charge in [0.1, 0.15) is 5.75 Å². The lowest BCUT2D eigenvalue weighted by Crippen LogP contribution is -2.74. The average Bonchev–Trinajstić information content (AvgIpc) is 2.81. The first-order chi connectivity index (χ1) is 17.0. The highest BCUT2D eigenvalue weighted by Crippen LogP contribution is 2.55. The summed E-state index contributed by atoms with van der Waals surface area (Å²) in [6.45, 7) is 0. The number of ketones is 4. The van der Waals surface area contributed by atoms with Crippen LogP contribution >= 0.6 is 0 Å². The van der Waals surface area contributed by atoms with Crippen molar-refractivity contribution in [1.82, 2.24) is 4.90 Å². The van der Waals surface area contributed by atoms with E-state index in [-0.39, 0.29) is 17.7 Å². The van der Waals surface area contributed by atoms with E-state index in [2.05, 4.69) is 0 Å². The molecule has 9 nitrogen and oxygen atoms in total. The van der Waals surface area contributed by atoms with Gasteiger partial charge in [-0.2, -0.15) is 0 Å². The number of phenols is 1. The third kappa shape index (κ3) is 3.06. The Morgan fingerprint density at radius 2 is 1.64 bits per heavy atom. The molecule has 0 aromatic heterocycles.